The zero-order valence-corrected chi connectivity index (χ0v) is 22.6. The van der Waals surface area contributed by atoms with Gasteiger partial charge in [0, 0.05) is 12.1 Å². The zero-order chi connectivity index (χ0) is 27.4. The third-order valence-corrected chi connectivity index (χ3v) is 6.94. The molecule has 0 heterocycles. The summed E-state index contributed by atoms with van der Waals surface area (Å²) in [5.74, 6) is 0.494. The van der Waals surface area contributed by atoms with Crippen molar-refractivity contribution in [1.82, 2.24) is 0 Å². The largest absolute Gasteiger partial charge is 0.493 e. The number of aliphatic hydroxyl groups excluding tert-OH is 1. The molecule has 0 spiro atoms. The molecule has 202 valence electrons. The number of esters is 1. The highest BCUT2D eigenvalue weighted by Gasteiger charge is 2.13. The number of sulfonamides is 1. The molecule has 0 saturated heterocycles. The number of para-hydroxylation sites is 1. The summed E-state index contributed by atoms with van der Waals surface area (Å²) in [7, 11) is -3.68. The Morgan fingerprint density at radius 1 is 1.00 bits per heavy atom. The number of nitrogens with one attached hydrogen (secondary N) is 1. The molecule has 3 aromatic carbocycles. The molecule has 8 heteroatoms. The maximum atomic E-state index is 12.6. The number of carbonyl (C=O) groups is 1. The SMILES string of the molecule is CC(C)OC(=O)CCc1ccccc1OCCC[C@@H](O)/C=C/c1cccc(NS(=O)(=O)c2ccccc2)c1. The molecule has 0 amide bonds. The van der Waals surface area contributed by atoms with E-state index in [0.717, 1.165) is 16.9 Å². The summed E-state index contributed by atoms with van der Waals surface area (Å²) in [6.07, 6.45) is 4.59. The molecule has 1 atom stereocenters. The Morgan fingerprint density at radius 2 is 1.74 bits per heavy atom. The number of rotatable bonds is 14. The van der Waals surface area contributed by atoms with E-state index in [1.165, 1.54) is 12.1 Å². The van der Waals surface area contributed by atoms with E-state index < -0.39 is 16.1 Å². The highest BCUT2D eigenvalue weighted by molar-refractivity contribution is 7.92. The first-order valence-electron chi connectivity index (χ1n) is 12.7. The number of aliphatic hydroxyl groups is 1. The topological polar surface area (TPSA) is 102 Å². The normalized spacial score (nSPS) is 12.4. The molecule has 0 aliphatic heterocycles. The van der Waals surface area contributed by atoms with Gasteiger partial charge in [0.1, 0.15) is 5.75 Å². The Bertz CT molecular complexity index is 1310. The van der Waals surface area contributed by atoms with E-state index in [0.29, 0.717) is 31.6 Å². The summed E-state index contributed by atoms with van der Waals surface area (Å²) in [4.78, 5) is 12.0. The predicted molar refractivity (Wildman–Crippen MR) is 149 cm³/mol. The molecule has 0 bridgehead atoms. The molecule has 0 aliphatic carbocycles. The van der Waals surface area contributed by atoms with Gasteiger partial charge in [-0.1, -0.05) is 60.7 Å². The quantitative estimate of drug-likeness (QED) is 0.205. The molecule has 3 aromatic rings. The van der Waals surface area contributed by atoms with E-state index in [1.54, 1.807) is 48.6 Å². The number of anilines is 1. The van der Waals surface area contributed by atoms with Crippen LogP contribution < -0.4 is 9.46 Å². The number of carbonyl (C=O) groups excluding carboxylic acids is 1. The van der Waals surface area contributed by atoms with Gasteiger partial charge >= 0.3 is 5.97 Å². The molecule has 3 rings (SSSR count). The van der Waals surface area contributed by atoms with Gasteiger partial charge in [-0.25, -0.2) is 8.42 Å². The van der Waals surface area contributed by atoms with E-state index in [-0.39, 0.29) is 23.4 Å². The molecule has 0 aromatic heterocycles. The van der Waals surface area contributed by atoms with Crippen molar-refractivity contribution < 1.29 is 27.8 Å². The van der Waals surface area contributed by atoms with Crippen LogP contribution in [0.25, 0.3) is 6.08 Å². The van der Waals surface area contributed by atoms with E-state index in [2.05, 4.69) is 4.72 Å². The second-order valence-corrected chi connectivity index (χ2v) is 10.8. The lowest BCUT2D eigenvalue weighted by molar-refractivity contribution is -0.147. The maximum absolute atomic E-state index is 12.6. The van der Waals surface area contributed by atoms with Gasteiger partial charge in [-0.2, -0.15) is 0 Å². The van der Waals surface area contributed by atoms with E-state index in [4.69, 9.17) is 9.47 Å². The maximum Gasteiger partial charge on any atom is 0.306 e. The van der Waals surface area contributed by atoms with Crippen LogP contribution in [0.5, 0.6) is 5.75 Å². The molecule has 0 fully saturated rings. The molecule has 0 saturated carbocycles. The minimum Gasteiger partial charge on any atom is -0.493 e. The monoisotopic (exact) mass is 537 g/mol. The van der Waals surface area contributed by atoms with Gasteiger partial charge in [-0.05, 0) is 74.6 Å². The van der Waals surface area contributed by atoms with Crippen LogP contribution in [0.15, 0.2) is 89.8 Å². The van der Waals surface area contributed by atoms with Crippen LogP contribution in [0.1, 0.15) is 44.2 Å². The van der Waals surface area contributed by atoms with Crippen molar-refractivity contribution in [3.63, 3.8) is 0 Å². The predicted octanol–water partition coefficient (Wildman–Crippen LogP) is 5.60. The Kier molecular flexibility index (Phi) is 10.9. The lowest BCUT2D eigenvalue weighted by Crippen LogP contribution is -2.12. The molecule has 2 N–H and O–H groups in total. The summed E-state index contributed by atoms with van der Waals surface area (Å²) < 4.78 is 38.8. The second kappa shape index (κ2) is 14.4. The fourth-order valence-corrected chi connectivity index (χ4v) is 4.79. The average molecular weight is 538 g/mol. The van der Waals surface area contributed by atoms with Gasteiger partial charge in [0.25, 0.3) is 10.0 Å². The lowest BCUT2D eigenvalue weighted by Gasteiger charge is -2.13. The Morgan fingerprint density at radius 3 is 2.50 bits per heavy atom. The van der Waals surface area contributed by atoms with Crippen molar-refractivity contribution in [1.29, 1.82) is 0 Å². The molecular formula is C30H35NO6S. The van der Waals surface area contributed by atoms with Crippen molar-refractivity contribution in [2.45, 2.75) is 56.6 Å². The Hall–Kier alpha value is -3.62. The first-order chi connectivity index (χ1) is 18.2. The minimum absolute atomic E-state index is 0.133. The second-order valence-electron chi connectivity index (χ2n) is 9.11. The van der Waals surface area contributed by atoms with Crippen molar-refractivity contribution in [2.24, 2.45) is 0 Å². The smallest absolute Gasteiger partial charge is 0.306 e. The van der Waals surface area contributed by atoms with Crippen LogP contribution in [0.4, 0.5) is 5.69 Å². The van der Waals surface area contributed by atoms with Crippen LogP contribution >= 0.6 is 0 Å². The van der Waals surface area contributed by atoms with E-state index >= 15 is 0 Å². The number of aryl methyl sites for hydroxylation is 1. The van der Waals surface area contributed by atoms with Gasteiger partial charge in [-0.3, -0.25) is 9.52 Å². The van der Waals surface area contributed by atoms with Crippen LogP contribution in [0, 0.1) is 0 Å². The molecule has 0 unspecified atom stereocenters. The van der Waals surface area contributed by atoms with Gasteiger partial charge in [-0.15, -0.1) is 0 Å². The number of ether oxygens (including phenoxy) is 2. The molecule has 0 aliphatic rings. The van der Waals surface area contributed by atoms with Crippen LogP contribution in [0.2, 0.25) is 0 Å². The van der Waals surface area contributed by atoms with Gasteiger partial charge < -0.3 is 14.6 Å². The van der Waals surface area contributed by atoms with Crippen LogP contribution in [-0.4, -0.2) is 38.3 Å². The van der Waals surface area contributed by atoms with Gasteiger partial charge in [0.15, 0.2) is 0 Å². The van der Waals surface area contributed by atoms with Crippen molar-refractivity contribution in [3.05, 3.63) is 96.1 Å². The van der Waals surface area contributed by atoms with Crippen molar-refractivity contribution in [3.8, 4) is 5.75 Å². The van der Waals surface area contributed by atoms with Gasteiger partial charge in [0.2, 0.25) is 0 Å². The fraction of sp³-hybridized carbons (Fsp3) is 0.300. The minimum atomic E-state index is -3.68. The highest BCUT2D eigenvalue weighted by atomic mass is 32.2. The summed E-state index contributed by atoms with van der Waals surface area (Å²) in [6, 6.07) is 22.8. The Labute approximate surface area is 225 Å². The third kappa shape index (κ3) is 9.68. The van der Waals surface area contributed by atoms with Crippen LogP contribution in [-0.2, 0) is 26.0 Å². The van der Waals surface area contributed by atoms with Crippen molar-refractivity contribution >= 4 is 27.8 Å². The number of hydrogen-bond acceptors (Lipinski definition) is 6. The first kappa shape index (κ1) is 28.9. The third-order valence-electron chi connectivity index (χ3n) is 5.54. The van der Waals surface area contributed by atoms with Crippen LogP contribution in [0.3, 0.4) is 0 Å². The standard InChI is InChI=1S/C30H35NO6S/c1-23(2)37-30(33)20-18-25-11-6-7-16-29(25)36-21-9-13-27(32)19-17-24-10-8-12-26(22-24)31-38(34,35)28-14-4-3-5-15-28/h3-8,10-12,14-17,19,22-23,27,31-32H,9,13,18,20-21H2,1-2H3/b19-17+/t27-/m1/s1. The average Bonchev–Trinajstić information content (AvgIpc) is 2.89. The van der Waals surface area contributed by atoms with Gasteiger partial charge in [0.05, 0.1) is 23.7 Å². The summed E-state index contributed by atoms with van der Waals surface area (Å²) in [6.45, 7) is 4.08. The molecular weight excluding hydrogens is 502 g/mol. The Balaban J connectivity index is 1.46. The highest BCUT2D eigenvalue weighted by Crippen LogP contribution is 2.21. The first-order valence-corrected chi connectivity index (χ1v) is 14.2. The number of hydrogen-bond donors (Lipinski definition) is 2. The van der Waals surface area contributed by atoms with Crippen molar-refractivity contribution in [2.75, 3.05) is 11.3 Å². The zero-order valence-electron chi connectivity index (χ0n) is 21.7. The van der Waals surface area contributed by atoms with E-state index in [1.807, 2.05) is 44.2 Å². The van der Waals surface area contributed by atoms with E-state index in [9.17, 15) is 18.3 Å². The molecule has 7 nitrogen and oxygen atoms in total. The number of benzene rings is 3. The summed E-state index contributed by atoms with van der Waals surface area (Å²) in [5.41, 5.74) is 2.14. The fourth-order valence-electron chi connectivity index (χ4n) is 3.72. The molecule has 38 heavy (non-hydrogen) atoms. The molecule has 0 radical (unpaired) electrons. The summed E-state index contributed by atoms with van der Waals surface area (Å²) in [5, 5.41) is 10.4. The summed E-state index contributed by atoms with van der Waals surface area (Å²) >= 11 is 0. The lowest BCUT2D eigenvalue weighted by atomic mass is 10.1.